The van der Waals surface area contributed by atoms with Crippen LogP contribution in [-0.4, -0.2) is 60.7 Å². The zero-order valence-electron chi connectivity index (χ0n) is 24.1. The van der Waals surface area contributed by atoms with Crippen molar-refractivity contribution in [2.24, 2.45) is 5.92 Å². The summed E-state index contributed by atoms with van der Waals surface area (Å²) in [6.07, 6.45) is 2.06. The smallest absolute Gasteiger partial charge is 0.303 e. The Morgan fingerprint density at radius 3 is 2.26 bits per heavy atom. The third kappa shape index (κ3) is 7.80. The number of carboxylic acid groups (broad SMARTS) is 1. The molecular formula is C32H38F2N2O5S. The van der Waals surface area contributed by atoms with Crippen LogP contribution < -0.4 is 5.32 Å². The molecule has 0 heterocycles. The number of rotatable bonds is 13. The third-order valence-electron chi connectivity index (χ3n) is 7.82. The van der Waals surface area contributed by atoms with Crippen molar-refractivity contribution in [2.75, 3.05) is 20.1 Å². The van der Waals surface area contributed by atoms with E-state index in [0.717, 1.165) is 35.2 Å². The van der Waals surface area contributed by atoms with Gasteiger partial charge in [-0.25, -0.2) is 17.2 Å². The highest BCUT2D eigenvalue weighted by atomic mass is 32.2. The predicted molar refractivity (Wildman–Crippen MR) is 158 cm³/mol. The lowest BCUT2D eigenvalue weighted by molar-refractivity contribution is -0.136. The number of halogens is 2. The number of sulfonamides is 1. The molecule has 1 aliphatic carbocycles. The molecule has 0 aromatic heterocycles. The zero-order chi connectivity index (χ0) is 30.7. The van der Waals surface area contributed by atoms with Gasteiger partial charge in [0.2, 0.25) is 10.0 Å². The standard InChI is InChI=1S/C32H38F2N2O5S/c1-32(2,18-22-14-24-6-4-5-7-25(24)15-22)35-19-26(37)20-36(3)42(40,41)30-17-28(33)27(16-29(30)34)23-11-8-21(9-12-23)10-13-31(38)39/h4-9,11-12,16-17,22,26,35,37H,10,13-15,18-20H2,1-3H3,(H,38,39)/t26-/m0/s1. The number of benzene rings is 3. The number of β-amino-alcohol motifs (C(OH)–C–C–N with tert-alkyl or cyclic N) is 1. The summed E-state index contributed by atoms with van der Waals surface area (Å²) in [5, 5.41) is 22.8. The topological polar surface area (TPSA) is 107 Å². The van der Waals surface area contributed by atoms with E-state index < -0.39 is 38.6 Å². The molecular weight excluding hydrogens is 562 g/mol. The van der Waals surface area contributed by atoms with Gasteiger partial charge in [-0.1, -0.05) is 48.5 Å². The zero-order valence-corrected chi connectivity index (χ0v) is 24.9. The van der Waals surface area contributed by atoms with E-state index in [1.165, 1.54) is 30.3 Å². The lowest BCUT2D eigenvalue weighted by Crippen LogP contribution is -2.47. The van der Waals surface area contributed by atoms with E-state index in [-0.39, 0.29) is 30.6 Å². The van der Waals surface area contributed by atoms with Crippen molar-refractivity contribution in [2.45, 2.75) is 62.5 Å². The average Bonchev–Trinajstić information content (AvgIpc) is 3.33. The molecule has 7 nitrogen and oxygen atoms in total. The summed E-state index contributed by atoms with van der Waals surface area (Å²) in [4.78, 5) is 9.95. The number of carboxylic acids is 1. The van der Waals surface area contributed by atoms with Crippen LogP contribution in [0.1, 0.15) is 43.4 Å². The molecule has 1 aliphatic rings. The van der Waals surface area contributed by atoms with E-state index in [4.69, 9.17) is 5.11 Å². The summed E-state index contributed by atoms with van der Waals surface area (Å²) in [5.74, 6) is -2.49. The SMILES string of the molecule is CN(C[C@@H](O)CNC(C)(C)CC1Cc2ccccc2C1)S(=O)(=O)c1cc(F)c(-c2ccc(CCC(=O)O)cc2)cc1F. The molecule has 0 saturated heterocycles. The van der Waals surface area contributed by atoms with Crippen molar-refractivity contribution < 1.29 is 32.2 Å². The molecule has 0 aliphatic heterocycles. The van der Waals surface area contributed by atoms with Gasteiger partial charge in [-0.2, -0.15) is 4.31 Å². The van der Waals surface area contributed by atoms with E-state index in [2.05, 4.69) is 17.4 Å². The van der Waals surface area contributed by atoms with E-state index in [1.54, 1.807) is 12.1 Å². The van der Waals surface area contributed by atoms with Crippen molar-refractivity contribution in [1.82, 2.24) is 9.62 Å². The van der Waals surface area contributed by atoms with Crippen molar-refractivity contribution >= 4 is 16.0 Å². The number of hydrogen-bond donors (Lipinski definition) is 3. The van der Waals surface area contributed by atoms with Gasteiger partial charge in [-0.3, -0.25) is 4.79 Å². The lowest BCUT2D eigenvalue weighted by atomic mass is 9.88. The summed E-state index contributed by atoms with van der Waals surface area (Å²) in [5.41, 5.74) is 3.37. The van der Waals surface area contributed by atoms with E-state index in [0.29, 0.717) is 24.0 Å². The maximum atomic E-state index is 15.1. The summed E-state index contributed by atoms with van der Waals surface area (Å²) in [7, 11) is -3.21. The summed E-state index contributed by atoms with van der Waals surface area (Å²) in [6, 6.07) is 16.2. The molecule has 42 heavy (non-hydrogen) atoms. The minimum Gasteiger partial charge on any atom is -0.481 e. The number of nitrogens with zero attached hydrogens (tertiary/aromatic N) is 1. The molecule has 0 amide bonds. The van der Waals surface area contributed by atoms with E-state index in [9.17, 15) is 18.3 Å². The Kier molecular flexibility index (Phi) is 9.82. The van der Waals surface area contributed by atoms with Crippen LogP contribution in [-0.2, 0) is 34.1 Å². The quantitative estimate of drug-likeness (QED) is 0.260. The van der Waals surface area contributed by atoms with Crippen LogP contribution in [0.3, 0.4) is 0 Å². The van der Waals surface area contributed by atoms with Gasteiger partial charge in [0.1, 0.15) is 16.5 Å². The third-order valence-corrected chi connectivity index (χ3v) is 9.66. The highest BCUT2D eigenvalue weighted by Crippen LogP contribution is 2.32. The van der Waals surface area contributed by atoms with Gasteiger partial charge in [0.15, 0.2) is 0 Å². The molecule has 3 aromatic carbocycles. The van der Waals surface area contributed by atoms with Gasteiger partial charge in [0, 0.05) is 37.7 Å². The monoisotopic (exact) mass is 600 g/mol. The van der Waals surface area contributed by atoms with Gasteiger partial charge in [-0.15, -0.1) is 0 Å². The van der Waals surface area contributed by atoms with Crippen molar-refractivity contribution in [3.63, 3.8) is 0 Å². The van der Waals surface area contributed by atoms with Crippen LogP contribution in [0.2, 0.25) is 0 Å². The van der Waals surface area contributed by atoms with Crippen LogP contribution in [0.15, 0.2) is 65.6 Å². The van der Waals surface area contributed by atoms with Gasteiger partial charge in [0.05, 0.1) is 6.10 Å². The molecule has 4 rings (SSSR count). The van der Waals surface area contributed by atoms with Crippen LogP contribution in [0.5, 0.6) is 0 Å². The second-order valence-electron chi connectivity index (χ2n) is 11.8. The summed E-state index contributed by atoms with van der Waals surface area (Å²) >= 11 is 0. The first-order chi connectivity index (χ1) is 19.7. The van der Waals surface area contributed by atoms with Gasteiger partial charge < -0.3 is 15.5 Å². The molecule has 0 saturated carbocycles. The normalized spacial score (nSPS) is 14.7. The molecule has 0 unspecified atom stereocenters. The Bertz CT molecular complexity index is 1500. The van der Waals surface area contributed by atoms with Crippen molar-refractivity contribution in [3.05, 3.63) is 89.0 Å². The minimum atomic E-state index is -4.44. The fourth-order valence-corrected chi connectivity index (χ4v) is 6.92. The molecule has 0 fully saturated rings. The number of fused-ring (bicyclic) bond motifs is 1. The number of aryl methyl sites for hydroxylation is 1. The average molecular weight is 601 g/mol. The molecule has 0 radical (unpaired) electrons. The van der Waals surface area contributed by atoms with E-state index >= 15 is 8.78 Å². The van der Waals surface area contributed by atoms with Gasteiger partial charge in [0.25, 0.3) is 0 Å². The molecule has 0 bridgehead atoms. The van der Waals surface area contributed by atoms with E-state index in [1.807, 2.05) is 26.0 Å². The minimum absolute atomic E-state index is 0.0549. The fourth-order valence-electron chi connectivity index (χ4n) is 5.66. The number of nitrogens with one attached hydrogen (secondary N) is 1. The Balaban J connectivity index is 1.35. The number of likely N-dealkylation sites (N-methyl/N-ethyl adjacent to an activating group) is 1. The lowest BCUT2D eigenvalue weighted by Gasteiger charge is -2.31. The van der Waals surface area contributed by atoms with Crippen molar-refractivity contribution in [1.29, 1.82) is 0 Å². The Labute approximate surface area is 246 Å². The van der Waals surface area contributed by atoms with Crippen molar-refractivity contribution in [3.8, 4) is 11.1 Å². The second-order valence-corrected chi connectivity index (χ2v) is 13.8. The van der Waals surface area contributed by atoms with Crippen LogP contribution >= 0.6 is 0 Å². The first-order valence-electron chi connectivity index (χ1n) is 14.0. The van der Waals surface area contributed by atoms with Crippen LogP contribution in [0.25, 0.3) is 11.1 Å². The molecule has 10 heteroatoms. The molecule has 3 aromatic rings. The first-order valence-corrected chi connectivity index (χ1v) is 15.5. The Morgan fingerprint density at radius 1 is 1.05 bits per heavy atom. The number of hydrogen-bond acceptors (Lipinski definition) is 5. The molecule has 1 atom stereocenters. The Morgan fingerprint density at radius 2 is 1.67 bits per heavy atom. The van der Waals surface area contributed by atoms with Crippen LogP contribution in [0, 0.1) is 17.6 Å². The molecule has 226 valence electrons. The fraction of sp³-hybridized carbons (Fsp3) is 0.406. The van der Waals surface area contributed by atoms with Gasteiger partial charge >= 0.3 is 5.97 Å². The predicted octanol–water partition coefficient (Wildman–Crippen LogP) is 4.80. The highest BCUT2D eigenvalue weighted by Gasteiger charge is 2.31. The molecule has 3 N–H and O–H groups in total. The van der Waals surface area contributed by atoms with Crippen LogP contribution in [0.4, 0.5) is 8.78 Å². The maximum Gasteiger partial charge on any atom is 0.303 e. The largest absolute Gasteiger partial charge is 0.481 e. The Hall–Kier alpha value is -3.18. The summed E-state index contributed by atoms with van der Waals surface area (Å²) in [6.45, 7) is 3.92. The number of carbonyl (C=O) groups is 1. The van der Waals surface area contributed by atoms with Gasteiger partial charge in [-0.05, 0) is 79.8 Å². The number of aliphatic hydroxyl groups is 1. The number of aliphatic hydroxyl groups excluding tert-OH is 1. The first kappa shape index (κ1) is 31.7. The second kappa shape index (κ2) is 13.0. The maximum absolute atomic E-state index is 15.1. The number of aliphatic carboxylic acids is 1. The highest BCUT2D eigenvalue weighted by molar-refractivity contribution is 7.89. The molecule has 0 spiro atoms. The summed E-state index contributed by atoms with van der Waals surface area (Å²) < 4.78 is 57.2.